The Bertz CT molecular complexity index is 784. The highest BCUT2D eigenvalue weighted by atomic mass is 32.1. The highest BCUT2D eigenvalue weighted by molar-refractivity contribution is 7.13. The molecule has 2 aromatic carbocycles. The van der Waals surface area contributed by atoms with Crippen LogP contribution in [-0.2, 0) is 0 Å². The van der Waals surface area contributed by atoms with Crippen LogP contribution < -0.4 is 10.6 Å². The molecule has 0 bridgehead atoms. The van der Waals surface area contributed by atoms with Crippen LogP contribution in [0.5, 0.6) is 0 Å². The maximum atomic E-state index is 12.4. The van der Waals surface area contributed by atoms with Crippen molar-refractivity contribution in [1.29, 1.82) is 0 Å². The van der Waals surface area contributed by atoms with Crippen LogP contribution in [0.2, 0.25) is 0 Å². The Kier molecular flexibility index (Phi) is 4.16. The molecule has 0 spiro atoms. The highest BCUT2D eigenvalue weighted by Gasteiger charge is 2.08. The lowest BCUT2D eigenvalue weighted by molar-refractivity contribution is 0.102. The summed E-state index contributed by atoms with van der Waals surface area (Å²) < 4.78 is 0. The van der Waals surface area contributed by atoms with Crippen LogP contribution in [0.25, 0.3) is 0 Å². The van der Waals surface area contributed by atoms with Gasteiger partial charge in [0.1, 0.15) is 0 Å². The van der Waals surface area contributed by atoms with Gasteiger partial charge in [0.05, 0.1) is 0 Å². The van der Waals surface area contributed by atoms with Crippen molar-refractivity contribution in [3.8, 4) is 0 Å². The number of aryl methyl sites for hydroxylation is 1. The molecule has 1 aromatic heterocycles. The molecule has 0 aliphatic carbocycles. The molecule has 0 fully saturated rings. The quantitative estimate of drug-likeness (QED) is 0.748. The van der Waals surface area contributed by atoms with Crippen molar-refractivity contribution >= 4 is 33.8 Å². The van der Waals surface area contributed by atoms with Gasteiger partial charge in [0.25, 0.3) is 5.91 Å². The maximum Gasteiger partial charge on any atom is 0.255 e. The van der Waals surface area contributed by atoms with E-state index in [2.05, 4.69) is 15.6 Å². The summed E-state index contributed by atoms with van der Waals surface area (Å²) in [5.41, 5.74) is 3.30. The summed E-state index contributed by atoms with van der Waals surface area (Å²) in [5, 5.41) is 8.82. The summed E-state index contributed by atoms with van der Waals surface area (Å²) in [6.07, 6.45) is 1.74. The van der Waals surface area contributed by atoms with E-state index in [-0.39, 0.29) is 5.91 Å². The summed E-state index contributed by atoms with van der Waals surface area (Å²) in [4.78, 5) is 16.5. The number of nitrogens with one attached hydrogen (secondary N) is 2. The van der Waals surface area contributed by atoms with Crippen LogP contribution in [-0.4, -0.2) is 10.9 Å². The van der Waals surface area contributed by atoms with Crippen molar-refractivity contribution in [1.82, 2.24) is 4.98 Å². The molecule has 110 valence electrons. The van der Waals surface area contributed by atoms with Gasteiger partial charge in [-0.15, -0.1) is 11.3 Å². The van der Waals surface area contributed by atoms with Crippen molar-refractivity contribution < 1.29 is 4.79 Å². The third-order valence-corrected chi connectivity index (χ3v) is 3.89. The maximum absolute atomic E-state index is 12.4. The lowest BCUT2D eigenvalue weighted by atomic mass is 10.1. The van der Waals surface area contributed by atoms with E-state index in [4.69, 9.17) is 0 Å². The van der Waals surface area contributed by atoms with Crippen LogP contribution in [0.15, 0.2) is 60.1 Å². The summed E-state index contributed by atoms with van der Waals surface area (Å²) in [6.45, 7) is 1.97. The molecule has 0 aliphatic rings. The number of rotatable bonds is 4. The second-order valence-electron chi connectivity index (χ2n) is 4.81. The van der Waals surface area contributed by atoms with Gasteiger partial charge in [-0.25, -0.2) is 4.98 Å². The second kappa shape index (κ2) is 6.41. The number of amides is 1. The number of carbonyl (C=O) groups excluding carboxylic acids is 1. The van der Waals surface area contributed by atoms with E-state index in [0.29, 0.717) is 5.56 Å². The topological polar surface area (TPSA) is 54.0 Å². The Balaban J connectivity index is 1.77. The van der Waals surface area contributed by atoms with Crippen LogP contribution in [0.1, 0.15) is 15.9 Å². The molecule has 2 N–H and O–H groups in total. The van der Waals surface area contributed by atoms with Crippen molar-refractivity contribution in [3.05, 3.63) is 71.2 Å². The molecule has 0 radical (unpaired) electrons. The van der Waals surface area contributed by atoms with E-state index >= 15 is 0 Å². The van der Waals surface area contributed by atoms with Gasteiger partial charge >= 0.3 is 0 Å². The molecular formula is C17H15N3OS. The lowest BCUT2D eigenvalue weighted by Gasteiger charge is -2.09. The van der Waals surface area contributed by atoms with Crippen LogP contribution in [0, 0.1) is 6.92 Å². The van der Waals surface area contributed by atoms with Gasteiger partial charge in [0, 0.05) is 28.5 Å². The molecular weight excluding hydrogens is 294 g/mol. The minimum absolute atomic E-state index is 0.128. The van der Waals surface area contributed by atoms with Crippen molar-refractivity contribution in [2.45, 2.75) is 6.92 Å². The summed E-state index contributed by atoms with van der Waals surface area (Å²) in [6, 6.07) is 15.1. The Labute approximate surface area is 132 Å². The molecule has 5 heteroatoms. The fourth-order valence-corrected chi connectivity index (χ4v) is 2.60. The van der Waals surface area contributed by atoms with Crippen molar-refractivity contribution in [3.63, 3.8) is 0 Å². The summed E-state index contributed by atoms with van der Waals surface area (Å²) in [5.74, 6) is -0.128. The number of para-hydroxylation sites is 1. The fourth-order valence-electron chi connectivity index (χ4n) is 2.05. The van der Waals surface area contributed by atoms with Crippen LogP contribution >= 0.6 is 11.3 Å². The zero-order valence-corrected chi connectivity index (χ0v) is 12.9. The van der Waals surface area contributed by atoms with Gasteiger partial charge < -0.3 is 10.6 Å². The number of aromatic nitrogens is 1. The van der Waals surface area contributed by atoms with Gasteiger partial charge in [-0.1, -0.05) is 24.3 Å². The first-order valence-corrected chi connectivity index (χ1v) is 7.74. The molecule has 0 aliphatic heterocycles. The molecule has 0 saturated carbocycles. The van der Waals surface area contributed by atoms with E-state index < -0.39 is 0 Å². The Morgan fingerprint density at radius 3 is 2.77 bits per heavy atom. The minimum Gasteiger partial charge on any atom is -0.332 e. The van der Waals surface area contributed by atoms with E-state index in [0.717, 1.165) is 22.1 Å². The molecule has 4 nitrogen and oxygen atoms in total. The molecule has 0 unspecified atom stereocenters. The third-order valence-electron chi connectivity index (χ3n) is 3.20. The van der Waals surface area contributed by atoms with Crippen molar-refractivity contribution in [2.75, 3.05) is 10.6 Å². The largest absolute Gasteiger partial charge is 0.332 e. The SMILES string of the molecule is Cc1ccccc1NC(=O)c1cccc(Nc2nccs2)c1. The first kappa shape index (κ1) is 14.3. The third kappa shape index (κ3) is 3.32. The number of benzene rings is 2. The molecule has 1 heterocycles. The first-order valence-electron chi connectivity index (χ1n) is 6.86. The van der Waals surface area contributed by atoms with E-state index in [1.807, 2.05) is 54.8 Å². The zero-order chi connectivity index (χ0) is 15.4. The summed E-state index contributed by atoms with van der Waals surface area (Å²) >= 11 is 1.51. The van der Waals surface area contributed by atoms with Crippen LogP contribution in [0.4, 0.5) is 16.5 Å². The lowest BCUT2D eigenvalue weighted by Crippen LogP contribution is -2.12. The predicted octanol–water partition coefficient (Wildman–Crippen LogP) is 4.45. The van der Waals surface area contributed by atoms with Gasteiger partial charge in [0.2, 0.25) is 0 Å². The number of thiazole rings is 1. The predicted molar refractivity (Wildman–Crippen MR) is 91.0 cm³/mol. The number of hydrogen-bond acceptors (Lipinski definition) is 4. The standard InChI is InChI=1S/C17H15N3OS/c1-12-5-2-3-8-15(12)20-16(21)13-6-4-7-14(11-13)19-17-18-9-10-22-17/h2-11H,1H3,(H,18,19)(H,20,21). The minimum atomic E-state index is -0.128. The normalized spacial score (nSPS) is 10.2. The molecule has 1 amide bonds. The smallest absolute Gasteiger partial charge is 0.255 e. The van der Waals surface area contributed by atoms with Crippen LogP contribution in [0.3, 0.4) is 0 Å². The molecule has 3 rings (SSSR count). The molecule has 0 atom stereocenters. The fraction of sp³-hybridized carbons (Fsp3) is 0.0588. The number of carbonyl (C=O) groups is 1. The average Bonchev–Trinajstić information content (AvgIpc) is 3.03. The Morgan fingerprint density at radius 1 is 1.14 bits per heavy atom. The van der Waals surface area contributed by atoms with E-state index in [1.165, 1.54) is 11.3 Å². The molecule has 22 heavy (non-hydrogen) atoms. The van der Waals surface area contributed by atoms with Crippen molar-refractivity contribution in [2.24, 2.45) is 0 Å². The second-order valence-corrected chi connectivity index (χ2v) is 5.71. The van der Waals surface area contributed by atoms with Gasteiger partial charge in [-0.2, -0.15) is 0 Å². The molecule has 0 saturated heterocycles. The van der Waals surface area contributed by atoms with Gasteiger partial charge in [-0.05, 0) is 36.8 Å². The number of anilines is 3. The average molecular weight is 309 g/mol. The number of hydrogen-bond donors (Lipinski definition) is 2. The Hall–Kier alpha value is -2.66. The van der Waals surface area contributed by atoms with Gasteiger partial charge in [-0.3, -0.25) is 4.79 Å². The first-order chi connectivity index (χ1) is 10.7. The number of nitrogens with zero attached hydrogens (tertiary/aromatic N) is 1. The van der Waals surface area contributed by atoms with E-state index in [1.54, 1.807) is 12.3 Å². The highest BCUT2D eigenvalue weighted by Crippen LogP contribution is 2.20. The van der Waals surface area contributed by atoms with Gasteiger partial charge in [0.15, 0.2) is 5.13 Å². The summed E-state index contributed by atoms with van der Waals surface area (Å²) in [7, 11) is 0. The molecule has 3 aromatic rings. The Morgan fingerprint density at radius 2 is 2.00 bits per heavy atom. The zero-order valence-electron chi connectivity index (χ0n) is 12.0. The van der Waals surface area contributed by atoms with E-state index in [9.17, 15) is 4.79 Å². The monoisotopic (exact) mass is 309 g/mol.